The SMILES string of the molecule is CCCCCCCCCCC(CCC(=O)O)C(C)(C)N.O. The van der Waals surface area contributed by atoms with Crippen molar-refractivity contribution in [1.29, 1.82) is 0 Å². The molecule has 0 heterocycles. The Kier molecular flexibility index (Phi) is 14.1. The molecule has 0 bridgehead atoms. The molecule has 0 amide bonds. The standard InChI is InChI=1S/C17H35NO2.H2O/c1-4-5-6-7-8-9-10-11-12-15(17(2,3)18)13-14-16(19)20;/h15H,4-14,18H2,1-3H3,(H,19,20);1H2. The van der Waals surface area contributed by atoms with Gasteiger partial charge in [0.05, 0.1) is 0 Å². The Labute approximate surface area is 130 Å². The summed E-state index contributed by atoms with van der Waals surface area (Å²) in [6.07, 6.45) is 12.5. The predicted octanol–water partition coefficient (Wildman–Crippen LogP) is 3.91. The molecule has 0 aromatic heterocycles. The third kappa shape index (κ3) is 14.1. The minimum absolute atomic E-state index is 0. The van der Waals surface area contributed by atoms with Crippen LogP contribution >= 0.6 is 0 Å². The summed E-state index contributed by atoms with van der Waals surface area (Å²) in [6.45, 7) is 6.28. The average Bonchev–Trinajstić information content (AvgIpc) is 2.34. The number of aliphatic carboxylic acids is 1. The summed E-state index contributed by atoms with van der Waals surface area (Å²) < 4.78 is 0. The normalized spacial score (nSPS) is 12.8. The molecule has 0 aromatic carbocycles. The number of hydrogen-bond donors (Lipinski definition) is 2. The van der Waals surface area contributed by atoms with Crippen molar-refractivity contribution in [1.82, 2.24) is 0 Å². The van der Waals surface area contributed by atoms with Crippen LogP contribution in [0.2, 0.25) is 0 Å². The summed E-state index contributed by atoms with van der Waals surface area (Å²) in [5.41, 5.74) is 5.90. The van der Waals surface area contributed by atoms with Gasteiger partial charge in [-0.05, 0) is 32.6 Å². The first-order valence-electron chi connectivity index (χ1n) is 8.38. The molecule has 0 saturated carbocycles. The van der Waals surface area contributed by atoms with Crippen LogP contribution in [0.3, 0.4) is 0 Å². The molecule has 4 heteroatoms. The van der Waals surface area contributed by atoms with E-state index in [0.717, 1.165) is 6.42 Å². The van der Waals surface area contributed by atoms with Crippen molar-refractivity contribution in [3.63, 3.8) is 0 Å². The zero-order valence-electron chi connectivity index (χ0n) is 14.3. The van der Waals surface area contributed by atoms with E-state index in [4.69, 9.17) is 10.8 Å². The Balaban J connectivity index is 0. The summed E-state index contributed by atoms with van der Waals surface area (Å²) in [7, 11) is 0. The molecule has 1 unspecified atom stereocenters. The lowest BCUT2D eigenvalue weighted by Crippen LogP contribution is -2.41. The molecule has 0 aliphatic carbocycles. The van der Waals surface area contributed by atoms with Crippen LogP contribution < -0.4 is 5.73 Å². The van der Waals surface area contributed by atoms with Crippen molar-refractivity contribution in [2.24, 2.45) is 11.7 Å². The van der Waals surface area contributed by atoms with E-state index < -0.39 is 5.97 Å². The zero-order chi connectivity index (χ0) is 15.4. The van der Waals surface area contributed by atoms with Crippen LogP contribution in [0.5, 0.6) is 0 Å². The number of hydrogen-bond acceptors (Lipinski definition) is 2. The van der Waals surface area contributed by atoms with E-state index in [1.807, 2.05) is 13.8 Å². The van der Waals surface area contributed by atoms with E-state index in [1.54, 1.807) is 0 Å². The lowest BCUT2D eigenvalue weighted by atomic mass is 9.81. The molecule has 0 fully saturated rings. The second kappa shape index (κ2) is 13.1. The Morgan fingerprint density at radius 3 is 1.90 bits per heavy atom. The second-order valence-electron chi connectivity index (χ2n) is 6.71. The molecule has 0 saturated heterocycles. The fourth-order valence-corrected chi connectivity index (χ4v) is 2.71. The van der Waals surface area contributed by atoms with E-state index in [9.17, 15) is 4.79 Å². The Hall–Kier alpha value is -0.610. The maximum atomic E-state index is 10.7. The molecule has 0 aliphatic heterocycles. The van der Waals surface area contributed by atoms with Crippen LogP contribution in [0.1, 0.15) is 91.4 Å². The summed E-state index contributed by atoms with van der Waals surface area (Å²) >= 11 is 0. The van der Waals surface area contributed by atoms with E-state index in [2.05, 4.69) is 6.92 Å². The van der Waals surface area contributed by atoms with Gasteiger partial charge in [0.25, 0.3) is 0 Å². The van der Waals surface area contributed by atoms with Crippen LogP contribution in [-0.4, -0.2) is 22.1 Å². The minimum atomic E-state index is -0.713. The first-order valence-corrected chi connectivity index (χ1v) is 8.38. The van der Waals surface area contributed by atoms with Gasteiger partial charge in [-0.25, -0.2) is 0 Å². The third-order valence-electron chi connectivity index (χ3n) is 4.17. The Morgan fingerprint density at radius 1 is 1.00 bits per heavy atom. The second-order valence-corrected chi connectivity index (χ2v) is 6.71. The highest BCUT2D eigenvalue weighted by molar-refractivity contribution is 5.66. The van der Waals surface area contributed by atoms with Gasteiger partial charge in [-0.1, -0.05) is 58.3 Å². The molecule has 0 aliphatic rings. The summed E-state index contributed by atoms with van der Waals surface area (Å²) in [5, 5.41) is 8.80. The molecule has 0 aromatic rings. The van der Waals surface area contributed by atoms with Gasteiger partial charge in [0.1, 0.15) is 0 Å². The predicted molar refractivity (Wildman–Crippen MR) is 89.5 cm³/mol. The van der Waals surface area contributed by atoms with Crippen LogP contribution in [0.4, 0.5) is 0 Å². The van der Waals surface area contributed by atoms with Gasteiger partial charge in [0.2, 0.25) is 0 Å². The maximum absolute atomic E-state index is 10.7. The summed E-state index contributed by atoms with van der Waals surface area (Å²) in [5.74, 6) is -0.395. The Bertz CT molecular complexity index is 249. The van der Waals surface area contributed by atoms with Gasteiger partial charge in [-0.3, -0.25) is 4.79 Å². The van der Waals surface area contributed by atoms with Crippen molar-refractivity contribution in [3.8, 4) is 0 Å². The van der Waals surface area contributed by atoms with Crippen LogP contribution in [0.15, 0.2) is 0 Å². The quantitative estimate of drug-likeness (QED) is 0.505. The smallest absolute Gasteiger partial charge is 0.303 e. The van der Waals surface area contributed by atoms with Gasteiger partial charge in [0.15, 0.2) is 0 Å². The maximum Gasteiger partial charge on any atom is 0.303 e. The molecule has 1 atom stereocenters. The van der Waals surface area contributed by atoms with Crippen molar-refractivity contribution < 1.29 is 15.4 Å². The van der Waals surface area contributed by atoms with Gasteiger partial charge in [-0.2, -0.15) is 0 Å². The molecular formula is C17H37NO3. The van der Waals surface area contributed by atoms with Gasteiger partial charge >= 0.3 is 5.97 Å². The number of carboxylic acids is 1. The van der Waals surface area contributed by atoms with Crippen molar-refractivity contribution in [3.05, 3.63) is 0 Å². The van der Waals surface area contributed by atoms with E-state index in [1.165, 1.54) is 51.4 Å². The van der Waals surface area contributed by atoms with Gasteiger partial charge in [0, 0.05) is 12.0 Å². The fraction of sp³-hybridized carbons (Fsp3) is 0.941. The number of rotatable bonds is 13. The van der Waals surface area contributed by atoms with E-state index >= 15 is 0 Å². The van der Waals surface area contributed by atoms with Crippen LogP contribution in [0.25, 0.3) is 0 Å². The summed E-state index contributed by atoms with van der Waals surface area (Å²) in [6, 6.07) is 0. The lowest BCUT2D eigenvalue weighted by Gasteiger charge is -2.30. The van der Waals surface area contributed by atoms with E-state index in [-0.39, 0.29) is 17.4 Å². The molecule has 21 heavy (non-hydrogen) atoms. The zero-order valence-corrected chi connectivity index (χ0v) is 14.3. The number of carboxylic acid groups (broad SMARTS) is 1. The highest BCUT2D eigenvalue weighted by Crippen LogP contribution is 2.26. The fourth-order valence-electron chi connectivity index (χ4n) is 2.71. The number of unbranched alkanes of at least 4 members (excludes halogenated alkanes) is 7. The number of carbonyl (C=O) groups is 1. The van der Waals surface area contributed by atoms with Gasteiger partial charge in [-0.15, -0.1) is 0 Å². The average molecular weight is 303 g/mol. The molecular weight excluding hydrogens is 266 g/mol. The Morgan fingerprint density at radius 2 is 1.48 bits per heavy atom. The van der Waals surface area contributed by atoms with Crippen molar-refractivity contribution >= 4 is 5.97 Å². The molecule has 0 radical (unpaired) electrons. The molecule has 0 spiro atoms. The highest BCUT2D eigenvalue weighted by atomic mass is 16.4. The minimum Gasteiger partial charge on any atom is -0.481 e. The molecule has 4 nitrogen and oxygen atoms in total. The largest absolute Gasteiger partial charge is 0.481 e. The topological polar surface area (TPSA) is 94.8 Å². The summed E-state index contributed by atoms with van der Waals surface area (Å²) in [4.78, 5) is 10.7. The monoisotopic (exact) mass is 303 g/mol. The number of nitrogens with two attached hydrogens (primary N) is 1. The molecule has 128 valence electrons. The first kappa shape index (κ1) is 22.7. The van der Waals surface area contributed by atoms with Crippen LogP contribution in [-0.2, 0) is 4.79 Å². The molecule has 0 rings (SSSR count). The van der Waals surface area contributed by atoms with Crippen LogP contribution in [0, 0.1) is 5.92 Å². The first-order chi connectivity index (χ1) is 9.38. The van der Waals surface area contributed by atoms with Gasteiger partial charge < -0.3 is 16.3 Å². The third-order valence-corrected chi connectivity index (χ3v) is 4.17. The van der Waals surface area contributed by atoms with Crippen molar-refractivity contribution in [2.45, 2.75) is 96.9 Å². The van der Waals surface area contributed by atoms with Crippen molar-refractivity contribution in [2.75, 3.05) is 0 Å². The highest BCUT2D eigenvalue weighted by Gasteiger charge is 2.24. The van der Waals surface area contributed by atoms with E-state index in [0.29, 0.717) is 12.3 Å². The lowest BCUT2D eigenvalue weighted by molar-refractivity contribution is -0.137. The molecule has 5 N–H and O–H groups in total.